The lowest BCUT2D eigenvalue weighted by molar-refractivity contribution is -0.00896. The lowest BCUT2D eigenvalue weighted by atomic mass is 9.83. The summed E-state index contributed by atoms with van der Waals surface area (Å²) in [6, 6.07) is 0.782. The summed E-state index contributed by atoms with van der Waals surface area (Å²) in [6.07, 6.45) is 18.5. The summed E-state index contributed by atoms with van der Waals surface area (Å²) in [5.74, 6) is 1.83. The summed E-state index contributed by atoms with van der Waals surface area (Å²) in [7, 11) is 0. The van der Waals surface area contributed by atoms with Crippen LogP contribution in [0.4, 0.5) is 0 Å². The summed E-state index contributed by atoms with van der Waals surface area (Å²) in [5.41, 5.74) is 0. The SMILES string of the molecule is CCCCCC1CCC(OCC2CCC(NCCC)CC2)CC1. The van der Waals surface area contributed by atoms with E-state index in [1.54, 1.807) is 0 Å². The van der Waals surface area contributed by atoms with Gasteiger partial charge in [-0.15, -0.1) is 0 Å². The van der Waals surface area contributed by atoms with Gasteiger partial charge in [0.2, 0.25) is 0 Å². The Morgan fingerprint density at radius 2 is 1.48 bits per heavy atom. The van der Waals surface area contributed by atoms with Gasteiger partial charge in [0, 0.05) is 12.6 Å². The lowest BCUT2D eigenvalue weighted by Gasteiger charge is -2.32. The van der Waals surface area contributed by atoms with Crippen molar-refractivity contribution in [3.8, 4) is 0 Å². The van der Waals surface area contributed by atoms with Gasteiger partial charge in [-0.25, -0.2) is 0 Å². The molecule has 0 saturated heterocycles. The number of unbranched alkanes of at least 4 members (excludes halogenated alkanes) is 2. The average Bonchev–Trinajstić information content (AvgIpc) is 2.60. The minimum atomic E-state index is 0.577. The minimum absolute atomic E-state index is 0.577. The van der Waals surface area contributed by atoms with Crippen molar-refractivity contribution in [2.45, 2.75) is 109 Å². The van der Waals surface area contributed by atoms with Crippen LogP contribution in [-0.4, -0.2) is 25.3 Å². The number of hydrogen-bond donors (Lipinski definition) is 1. The highest BCUT2D eigenvalue weighted by molar-refractivity contribution is 4.78. The third-order valence-electron chi connectivity index (χ3n) is 6.11. The summed E-state index contributed by atoms with van der Waals surface area (Å²) in [4.78, 5) is 0. The van der Waals surface area contributed by atoms with Crippen molar-refractivity contribution >= 4 is 0 Å². The molecule has 2 saturated carbocycles. The number of nitrogens with one attached hydrogen (secondary N) is 1. The van der Waals surface area contributed by atoms with Crippen LogP contribution in [-0.2, 0) is 4.74 Å². The normalized spacial score (nSPS) is 32.1. The van der Waals surface area contributed by atoms with Crippen LogP contribution in [0, 0.1) is 11.8 Å². The molecule has 2 nitrogen and oxygen atoms in total. The Balaban J connectivity index is 1.51. The van der Waals surface area contributed by atoms with Crippen LogP contribution in [0.25, 0.3) is 0 Å². The standard InChI is InChI=1S/C21H41NO/c1-3-5-6-7-18-10-14-21(15-11-18)23-17-19-8-12-20(13-9-19)22-16-4-2/h18-22H,3-17H2,1-2H3. The maximum absolute atomic E-state index is 6.29. The molecule has 2 aliphatic carbocycles. The zero-order chi connectivity index (χ0) is 16.3. The molecule has 0 aliphatic heterocycles. The van der Waals surface area contributed by atoms with Crippen molar-refractivity contribution < 1.29 is 4.74 Å². The van der Waals surface area contributed by atoms with Gasteiger partial charge in [-0.05, 0) is 76.2 Å². The first-order valence-corrected chi connectivity index (χ1v) is 10.7. The van der Waals surface area contributed by atoms with Crippen LogP contribution >= 0.6 is 0 Å². The van der Waals surface area contributed by atoms with Crippen molar-refractivity contribution in [1.82, 2.24) is 5.32 Å². The van der Waals surface area contributed by atoms with E-state index in [-0.39, 0.29) is 0 Å². The number of rotatable bonds is 10. The van der Waals surface area contributed by atoms with E-state index in [1.165, 1.54) is 90.0 Å². The molecule has 0 spiro atoms. The Bertz CT molecular complexity index is 278. The van der Waals surface area contributed by atoms with Gasteiger partial charge in [0.15, 0.2) is 0 Å². The average molecular weight is 324 g/mol. The van der Waals surface area contributed by atoms with Crippen LogP contribution in [0.1, 0.15) is 97.3 Å². The second-order valence-electron chi connectivity index (χ2n) is 8.14. The van der Waals surface area contributed by atoms with Crippen LogP contribution in [0.2, 0.25) is 0 Å². The van der Waals surface area contributed by atoms with E-state index in [4.69, 9.17) is 4.74 Å². The van der Waals surface area contributed by atoms with Gasteiger partial charge in [0.25, 0.3) is 0 Å². The molecular weight excluding hydrogens is 282 g/mol. The van der Waals surface area contributed by atoms with Crippen molar-refractivity contribution in [3.63, 3.8) is 0 Å². The van der Waals surface area contributed by atoms with Gasteiger partial charge >= 0.3 is 0 Å². The third kappa shape index (κ3) is 7.56. The first kappa shape index (κ1) is 19.2. The molecule has 2 heteroatoms. The summed E-state index contributed by atoms with van der Waals surface area (Å²) >= 11 is 0. The van der Waals surface area contributed by atoms with Gasteiger partial charge in [-0.2, -0.15) is 0 Å². The topological polar surface area (TPSA) is 21.3 Å². The molecule has 136 valence electrons. The van der Waals surface area contributed by atoms with Crippen molar-refractivity contribution in [3.05, 3.63) is 0 Å². The van der Waals surface area contributed by atoms with E-state index in [0.29, 0.717) is 6.10 Å². The molecule has 0 atom stereocenters. The van der Waals surface area contributed by atoms with Crippen LogP contribution in [0.3, 0.4) is 0 Å². The van der Waals surface area contributed by atoms with Crippen molar-refractivity contribution in [2.24, 2.45) is 11.8 Å². The van der Waals surface area contributed by atoms with Crippen LogP contribution in [0.5, 0.6) is 0 Å². The number of hydrogen-bond acceptors (Lipinski definition) is 2. The third-order valence-corrected chi connectivity index (χ3v) is 6.11. The van der Waals surface area contributed by atoms with E-state index in [9.17, 15) is 0 Å². The fourth-order valence-corrected chi connectivity index (χ4v) is 4.42. The molecule has 0 aromatic rings. The van der Waals surface area contributed by atoms with Crippen molar-refractivity contribution in [1.29, 1.82) is 0 Å². The minimum Gasteiger partial charge on any atom is -0.378 e. The van der Waals surface area contributed by atoms with Gasteiger partial charge in [0.05, 0.1) is 6.10 Å². The summed E-state index contributed by atoms with van der Waals surface area (Å²) in [5, 5.41) is 3.68. The predicted octanol–water partition coefficient (Wildman–Crippen LogP) is 5.70. The molecule has 2 rings (SSSR count). The predicted molar refractivity (Wildman–Crippen MR) is 99.9 cm³/mol. The fourth-order valence-electron chi connectivity index (χ4n) is 4.42. The van der Waals surface area contributed by atoms with Gasteiger partial charge < -0.3 is 10.1 Å². The smallest absolute Gasteiger partial charge is 0.0575 e. The Labute approximate surface area is 145 Å². The second-order valence-corrected chi connectivity index (χ2v) is 8.14. The Morgan fingerprint density at radius 1 is 0.783 bits per heavy atom. The maximum atomic E-state index is 6.29. The highest BCUT2D eigenvalue weighted by atomic mass is 16.5. The van der Waals surface area contributed by atoms with E-state index in [1.807, 2.05) is 0 Å². The summed E-state index contributed by atoms with van der Waals surface area (Å²) < 4.78 is 6.29. The van der Waals surface area contributed by atoms with E-state index in [0.717, 1.165) is 24.5 Å². The van der Waals surface area contributed by atoms with Crippen LogP contribution < -0.4 is 5.32 Å². The van der Waals surface area contributed by atoms with Gasteiger partial charge in [0.1, 0.15) is 0 Å². The zero-order valence-electron chi connectivity index (χ0n) is 15.8. The monoisotopic (exact) mass is 323 g/mol. The molecule has 0 amide bonds. The quantitative estimate of drug-likeness (QED) is 0.521. The first-order chi connectivity index (χ1) is 11.3. The van der Waals surface area contributed by atoms with E-state index >= 15 is 0 Å². The molecule has 0 heterocycles. The zero-order valence-corrected chi connectivity index (χ0v) is 15.8. The molecule has 0 aromatic carbocycles. The molecule has 0 bridgehead atoms. The van der Waals surface area contributed by atoms with Crippen molar-refractivity contribution in [2.75, 3.05) is 13.2 Å². The molecule has 2 fully saturated rings. The van der Waals surface area contributed by atoms with Crippen LogP contribution in [0.15, 0.2) is 0 Å². The van der Waals surface area contributed by atoms with Gasteiger partial charge in [-0.3, -0.25) is 0 Å². The fraction of sp³-hybridized carbons (Fsp3) is 1.00. The molecule has 23 heavy (non-hydrogen) atoms. The molecule has 0 aromatic heterocycles. The lowest BCUT2D eigenvalue weighted by Crippen LogP contribution is -2.35. The second kappa shape index (κ2) is 11.5. The maximum Gasteiger partial charge on any atom is 0.0575 e. The molecule has 0 unspecified atom stereocenters. The van der Waals surface area contributed by atoms with E-state index in [2.05, 4.69) is 19.2 Å². The first-order valence-electron chi connectivity index (χ1n) is 10.7. The molecule has 2 aliphatic rings. The highest BCUT2D eigenvalue weighted by Crippen LogP contribution is 2.31. The molecule has 1 N–H and O–H groups in total. The Hall–Kier alpha value is -0.0800. The summed E-state index contributed by atoms with van der Waals surface area (Å²) in [6.45, 7) is 6.78. The number of ether oxygens (including phenoxy) is 1. The van der Waals surface area contributed by atoms with E-state index < -0.39 is 0 Å². The Morgan fingerprint density at radius 3 is 2.13 bits per heavy atom. The Kier molecular flexibility index (Phi) is 9.60. The highest BCUT2D eigenvalue weighted by Gasteiger charge is 2.24. The molecule has 0 radical (unpaired) electrons. The largest absolute Gasteiger partial charge is 0.378 e. The molecular formula is C21H41NO. The van der Waals surface area contributed by atoms with Gasteiger partial charge in [-0.1, -0.05) is 39.5 Å².